The molecule has 2 unspecified atom stereocenters. The highest BCUT2D eigenvalue weighted by Crippen LogP contribution is 2.13. The van der Waals surface area contributed by atoms with Gasteiger partial charge in [-0.2, -0.15) is 0 Å². The molecule has 1 aromatic rings. The predicted octanol–water partition coefficient (Wildman–Crippen LogP) is 0.713. The Bertz CT molecular complexity index is 526. The second-order valence-electron chi connectivity index (χ2n) is 6.96. The fourth-order valence-corrected chi connectivity index (χ4v) is 3.51. The Kier molecular flexibility index (Phi) is 6.67. The monoisotopic (exact) mass is 347 g/mol. The Hall–Kier alpha value is -1.63. The number of aliphatic hydroxyl groups is 1. The summed E-state index contributed by atoms with van der Waals surface area (Å²) in [5.74, 6) is 1.03. The number of carbonyl (C=O) groups excluding carboxylic acids is 1. The van der Waals surface area contributed by atoms with Crippen LogP contribution in [0.15, 0.2) is 30.3 Å². The number of carbonyl (C=O) groups is 1. The molecule has 0 aromatic heterocycles. The minimum absolute atomic E-state index is 0.256. The number of β-amino-alcohol motifs (C(OH)–C–C–N with tert-alkyl or cyclic N) is 1. The van der Waals surface area contributed by atoms with E-state index in [1.807, 2.05) is 35.2 Å². The van der Waals surface area contributed by atoms with E-state index in [0.29, 0.717) is 19.0 Å². The Morgan fingerprint density at radius 2 is 2.00 bits per heavy atom. The van der Waals surface area contributed by atoms with E-state index in [9.17, 15) is 9.90 Å². The second kappa shape index (κ2) is 9.17. The average Bonchev–Trinajstić information content (AvgIpc) is 3.14. The van der Waals surface area contributed by atoms with E-state index in [4.69, 9.17) is 4.74 Å². The molecule has 2 N–H and O–H groups in total. The van der Waals surface area contributed by atoms with Crippen LogP contribution in [-0.2, 0) is 4.79 Å². The van der Waals surface area contributed by atoms with Crippen molar-refractivity contribution in [1.82, 2.24) is 15.1 Å². The van der Waals surface area contributed by atoms with E-state index < -0.39 is 6.10 Å². The molecule has 0 bridgehead atoms. The summed E-state index contributed by atoms with van der Waals surface area (Å²) in [5.41, 5.74) is 0. The topological polar surface area (TPSA) is 65.0 Å². The minimum atomic E-state index is -0.523. The van der Waals surface area contributed by atoms with Gasteiger partial charge < -0.3 is 20.1 Å². The predicted molar refractivity (Wildman–Crippen MR) is 96.6 cm³/mol. The van der Waals surface area contributed by atoms with E-state index in [1.54, 1.807) is 0 Å². The zero-order valence-electron chi connectivity index (χ0n) is 14.8. The molecule has 2 fully saturated rings. The summed E-state index contributed by atoms with van der Waals surface area (Å²) < 4.78 is 5.59. The Morgan fingerprint density at radius 3 is 2.68 bits per heavy atom. The molecule has 2 atom stereocenters. The molecule has 1 aromatic carbocycles. The molecule has 1 amide bonds. The molecule has 6 heteroatoms. The summed E-state index contributed by atoms with van der Waals surface area (Å²) in [6, 6.07) is 9.90. The molecule has 0 aliphatic carbocycles. The maximum Gasteiger partial charge on any atom is 0.224 e. The van der Waals surface area contributed by atoms with Crippen molar-refractivity contribution in [3.05, 3.63) is 30.3 Å². The molecule has 138 valence electrons. The van der Waals surface area contributed by atoms with Crippen LogP contribution in [0.3, 0.4) is 0 Å². The molecule has 25 heavy (non-hydrogen) atoms. The zero-order chi connectivity index (χ0) is 17.5. The number of benzene rings is 1. The van der Waals surface area contributed by atoms with E-state index in [1.165, 1.54) is 6.42 Å². The SMILES string of the molecule is O=C(CC1CCCN1)N1CCN(CC(O)COc2ccccc2)CC1. The molecule has 0 radical (unpaired) electrons. The number of hydrogen-bond donors (Lipinski definition) is 2. The number of hydrogen-bond acceptors (Lipinski definition) is 5. The van der Waals surface area contributed by atoms with Gasteiger partial charge in [-0.05, 0) is 31.5 Å². The molecule has 2 aliphatic heterocycles. The first-order valence-electron chi connectivity index (χ1n) is 9.30. The van der Waals surface area contributed by atoms with Crippen molar-refractivity contribution in [2.45, 2.75) is 31.4 Å². The van der Waals surface area contributed by atoms with Gasteiger partial charge in [0.1, 0.15) is 18.5 Å². The number of nitrogens with one attached hydrogen (secondary N) is 1. The molecule has 2 saturated heterocycles. The lowest BCUT2D eigenvalue weighted by molar-refractivity contribution is -0.133. The minimum Gasteiger partial charge on any atom is -0.491 e. The molecule has 0 saturated carbocycles. The van der Waals surface area contributed by atoms with Crippen molar-refractivity contribution in [1.29, 1.82) is 0 Å². The maximum atomic E-state index is 12.3. The van der Waals surface area contributed by atoms with Crippen molar-refractivity contribution < 1.29 is 14.6 Å². The van der Waals surface area contributed by atoms with Gasteiger partial charge in [0.15, 0.2) is 0 Å². The van der Waals surface area contributed by atoms with Crippen LogP contribution in [0.25, 0.3) is 0 Å². The first-order valence-corrected chi connectivity index (χ1v) is 9.30. The van der Waals surface area contributed by atoms with Crippen molar-refractivity contribution in [2.75, 3.05) is 45.9 Å². The van der Waals surface area contributed by atoms with Gasteiger partial charge in [-0.3, -0.25) is 9.69 Å². The number of piperazine rings is 1. The Balaban J connectivity index is 1.33. The van der Waals surface area contributed by atoms with Crippen LogP contribution in [0.1, 0.15) is 19.3 Å². The summed E-state index contributed by atoms with van der Waals surface area (Å²) in [6.07, 6.45) is 2.38. The maximum absolute atomic E-state index is 12.3. The molecule has 3 rings (SSSR count). The van der Waals surface area contributed by atoms with Gasteiger partial charge in [-0.1, -0.05) is 18.2 Å². The number of nitrogens with zero attached hydrogens (tertiary/aromatic N) is 2. The summed E-state index contributed by atoms with van der Waals surface area (Å²) in [4.78, 5) is 16.5. The van der Waals surface area contributed by atoms with Crippen LogP contribution in [0.5, 0.6) is 5.75 Å². The van der Waals surface area contributed by atoms with Crippen molar-refractivity contribution in [3.63, 3.8) is 0 Å². The fraction of sp³-hybridized carbons (Fsp3) is 0.632. The van der Waals surface area contributed by atoms with E-state index in [0.717, 1.165) is 44.9 Å². The number of ether oxygens (including phenoxy) is 1. The van der Waals surface area contributed by atoms with Crippen LogP contribution >= 0.6 is 0 Å². The lowest BCUT2D eigenvalue weighted by Gasteiger charge is -2.36. The van der Waals surface area contributed by atoms with Gasteiger partial charge in [0, 0.05) is 45.2 Å². The van der Waals surface area contributed by atoms with Crippen LogP contribution < -0.4 is 10.1 Å². The van der Waals surface area contributed by atoms with Crippen molar-refractivity contribution in [3.8, 4) is 5.75 Å². The third-order valence-electron chi connectivity index (χ3n) is 4.96. The highest BCUT2D eigenvalue weighted by Gasteiger charge is 2.25. The van der Waals surface area contributed by atoms with Gasteiger partial charge in [0.05, 0.1) is 0 Å². The largest absolute Gasteiger partial charge is 0.491 e. The standard InChI is InChI=1S/C19H29N3O3/c23-17(15-25-18-6-2-1-3-7-18)14-21-9-11-22(12-10-21)19(24)13-16-5-4-8-20-16/h1-3,6-7,16-17,20,23H,4-5,8-15H2. The quantitative estimate of drug-likeness (QED) is 0.761. The smallest absolute Gasteiger partial charge is 0.224 e. The number of rotatable bonds is 7. The summed E-state index contributed by atoms with van der Waals surface area (Å²) >= 11 is 0. The first-order chi connectivity index (χ1) is 12.2. The zero-order valence-corrected chi connectivity index (χ0v) is 14.8. The first kappa shape index (κ1) is 18.2. The lowest BCUT2D eigenvalue weighted by Crippen LogP contribution is -2.51. The van der Waals surface area contributed by atoms with Gasteiger partial charge in [-0.15, -0.1) is 0 Å². The highest BCUT2D eigenvalue weighted by atomic mass is 16.5. The normalized spacial score (nSPS) is 22.8. The lowest BCUT2D eigenvalue weighted by atomic mass is 10.1. The number of aliphatic hydroxyl groups excluding tert-OH is 1. The van der Waals surface area contributed by atoms with Crippen molar-refractivity contribution >= 4 is 5.91 Å². The van der Waals surface area contributed by atoms with Crippen LogP contribution in [0.4, 0.5) is 0 Å². The molecular formula is C19H29N3O3. The molecule has 2 heterocycles. The molecular weight excluding hydrogens is 318 g/mol. The summed E-state index contributed by atoms with van der Waals surface area (Å²) in [7, 11) is 0. The van der Waals surface area contributed by atoms with Gasteiger partial charge in [0.25, 0.3) is 0 Å². The molecule has 2 aliphatic rings. The van der Waals surface area contributed by atoms with Crippen molar-refractivity contribution in [2.24, 2.45) is 0 Å². The summed E-state index contributed by atoms with van der Waals surface area (Å²) in [5, 5.41) is 13.6. The Morgan fingerprint density at radius 1 is 1.24 bits per heavy atom. The summed E-state index contributed by atoms with van der Waals surface area (Å²) in [6.45, 7) is 5.03. The fourth-order valence-electron chi connectivity index (χ4n) is 3.51. The number of amides is 1. The van der Waals surface area contributed by atoms with Crippen LogP contribution in [0.2, 0.25) is 0 Å². The second-order valence-corrected chi connectivity index (χ2v) is 6.96. The van der Waals surface area contributed by atoms with Gasteiger partial charge in [0.2, 0.25) is 5.91 Å². The average molecular weight is 347 g/mol. The third-order valence-corrected chi connectivity index (χ3v) is 4.96. The Labute approximate surface area is 149 Å². The van der Waals surface area contributed by atoms with Crippen LogP contribution in [0, 0.1) is 0 Å². The number of para-hydroxylation sites is 1. The van der Waals surface area contributed by atoms with E-state index in [-0.39, 0.29) is 12.5 Å². The van der Waals surface area contributed by atoms with E-state index in [2.05, 4.69) is 10.2 Å². The van der Waals surface area contributed by atoms with Crippen LogP contribution in [-0.4, -0.2) is 78.8 Å². The molecule has 6 nitrogen and oxygen atoms in total. The highest BCUT2D eigenvalue weighted by molar-refractivity contribution is 5.77. The van der Waals surface area contributed by atoms with Gasteiger partial charge >= 0.3 is 0 Å². The molecule has 0 spiro atoms. The van der Waals surface area contributed by atoms with Gasteiger partial charge in [-0.25, -0.2) is 0 Å². The third kappa shape index (κ3) is 5.70. The van der Waals surface area contributed by atoms with E-state index >= 15 is 0 Å².